The first-order chi connectivity index (χ1) is 8.72. The lowest BCUT2D eigenvalue weighted by molar-refractivity contribution is -0.0470. The van der Waals surface area contributed by atoms with E-state index in [1.54, 1.807) is 0 Å². The predicted octanol–water partition coefficient (Wildman–Crippen LogP) is 3.84. The standard InChI is InChI=1S/C16H22O2/c1-2-12-7-9-16(10-8-12)11-14(17)13-5-3-4-6-15(13)18-16/h3-6,12,14,17H,2,7-11H2,1H3/t12?,14-,16?/m0/s1. The SMILES string of the molecule is CCC1CCC2(CC1)C[C@H](O)c1ccccc1O2. The van der Waals surface area contributed by atoms with Gasteiger partial charge < -0.3 is 9.84 Å². The summed E-state index contributed by atoms with van der Waals surface area (Å²) >= 11 is 0. The number of aliphatic hydroxyl groups excluding tert-OH is 1. The molecule has 2 nitrogen and oxygen atoms in total. The molecule has 1 atom stereocenters. The molecule has 1 aliphatic heterocycles. The number of fused-ring (bicyclic) bond motifs is 1. The fourth-order valence-corrected chi connectivity index (χ4v) is 3.50. The maximum Gasteiger partial charge on any atom is 0.125 e. The average Bonchev–Trinajstić information content (AvgIpc) is 2.40. The van der Waals surface area contributed by atoms with Crippen molar-refractivity contribution in [3.8, 4) is 5.75 Å². The molecule has 1 N–H and O–H groups in total. The second kappa shape index (κ2) is 4.58. The summed E-state index contributed by atoms with van der Waals surface area (Å²) in [6.45, 7) is 2.27. The number of rotatable bonds is 1. The van der Waals surface area contributed by atoms with Gasteiger partial charge in [0.1, 0.15) is 11.4 Å². The van der Waals surface area contributed by atoms with Crippen molar-refractivity contribution in [2.45, 2.75) is 57.2 Å². The number of aliphatic hydroxyl groups is 1. The first-order valence-corrected chi connectivity index (χ1v) is 7.18. The summed E-state index contributed by atoms with van der Waals surface area (Å²) in [4.78, 5) is 0. The highest BCUT2D eigenvalue weighted by Crippen LogP contribution is 2.47. The highest BCUT2D eigenvalue weighted by Gasteiger charge is 2.42. The third-order valence-corrected chi connectivity index (χ3v) is 4.76. The number of hydrogen-bond acceptors (Lipinski definition) is 2. The third kappa shape index (κ3) is 2.03. The van der Waals surface area contributed by atoms with Crippen LogP contribution in [-0.4, -0.2) is 10.7 Å². The maximum atomic E-state index is 10.3. The zero-order chi connectivity index (χ0) is 12.6. The van der Waals surface area contributed by atoms with E-state index in [9.17, 15) is 5.11 Å². The topological polar surface area (TPSA) is 29.5 Å². The van der Waals surface area contributed by atoms with Crippen LogP contribution in [0.15, 0.2) is 24.3 Å². The molecule has 0 unspecified atom stereocenters. The summed E-state index contributed by atoms with van der Waals surface area (Å²) < 4.78 is 6.26. The highest BCUT2D eigenvalue weighted by atomic mass is 16.5. The van der Waals surface area contributed by atoms with Crippen LogP contribution in [0, 0.1) is 5.92 Å². The minimum atomic E-state index is -0.354. The molecule has 18 heavy (non-hydrogen) atoms. The van der Waals surface area contributed by atoms with E-state index in [0.29, 0.717) is 0 Å². The Balaban J connectivity index is 1.81. The van der Waals surface area contributed by atoms with Crippen LogP contribution in [0.2, 0.25) is 0 Å². The number of para-hydroxylation sites is 1. The van der Waals surface area contributed by atoms with Crippen molar-refractivity contribution < 1.29 is 9.84 Å². The number of ether oxygens (including phenoxy) is 1. The second-order valence-electron chi connectivity index (χ2n) is 5.89. The Morgan fingerprint density at radius 1 is 1.28 bits per heavy atom. The minimum Gasteiger partial charge on any atom is -0.487 e. The molecule has 1 saturated carbocycles. The van der Waals surface area contributed by atoms with Crippen molar-refractivity contribution in [1.82, 2.24) is 0 Å². The van der Waals surface area contributed by atoms with Gasteiger partial charge in [0.2, 0.25) is 0 Å². The molecule has 0 amide bonds. The lowest BCUT2D eigenvalue weighted by Crippen LogP contribution is -2.44. The van der Waals surface area contributed by atoms with Gasteiger partial charge in [0.25, 0.3) is 0 Å². The molecule has 0 radical (unpaired) electrons. The van der Waals surface area contributed by atoms with Gasteiger partial charge in [0.15, 0.2) is 0 Å². The Morgan fingerprint density at radius 3 is 2.72 bits per heavy atom. The summed E-state index contributed by atoms with van der Waals surface area (Å²) in [5.74, 6) is 1.75. The van der Waals surface area contributed by atoms with Crippen LogP contribution >= 0.6 is 0 Å². The average molecular weight is 246 g/mol. The second-order valence-corrected chi connectivity index (χ2v) is 5.89. The van der Waals surface area contributed by atoms with Gasteiger partial charge in [-0.05, 0) is 37.7 Å². The van der Waals surface area contributed by atoms with Crippen molar-refractivity contribution >= 4 is 0 Å². The van der Waals surface area contributed by atoms with E-state index in [4.69, 9.17) is 4.74 Å². The van der Waals surface area contributed by atoms with E-state index >= 15 is 0 Å². The van der Waals surface area contributed by atoms with E-state index in [2.05, 4.69) is 6.92 Å². The fraction of sp³-hybridized carbons (Fsp3) is 0.625. The van der Waals surface area contributed by atoms with Crippen molar-refractivity contribution in [2.75, 3.05) is 0 Å². The van der Waals surface area contributed by atoms with Crippen LogP contribution in [0.5, 0.6) is 5.75 Å². The summed E-state index contributed by atoms with van der Waals surface area (Å²) in [6, 6.07) is 7.93. The molecule has 1 heterocycles. The normalized spacial score (nSPS) is 35.0. The van der Waals surface area contributed by atoms with Crippen LogP contribution < -0.4 is 4.74 Å². The van der Waals surface area contributed by atoms with Crippen LogP contribution in [0.4, 0.5) is 0 Å². The Bertz CT molecular complexity index is 419. The molecule has 0 bridgehead atoms. The van der Waals surface area contributed by atoms with Crippen LogP contribution in [0.25, 0.3) is 0 Å². The van der Waals surface area contributed by atoms with Gasteiger partial charge >= 0.3 is 0 Å². The first kappa shape index (κ1) is 12.0. The van der Waals surface area contributed by atoms with Crippen LogP contribution in [-0.2, 0) is 0 Å². The van der Waals surface area contributed by atoms with Gasteiger partial charge in [-0.15, -0.1) is 0 Å². The van der Waals surface area contributed by atoms with E-state index in [1.807, 2.05) is 24.3 Å². The smallest absolute Gasteiger partial charge is 0.125 e. The summed E-state index contributed by atoms with van der Waals surface area (Å²) in [6.07, 6.45) is 6.35. The molecule has 98 valence electrons. The van der Waals surface area contributed by atoms with Crippen molar-refractivity contribution in [2.24, 2.45) is 5.92 Å². The molecule has 1 aromatic rings. The first-order valence-electron chi connectivity index (χ1n) is 7.18. The molecule has 1 fully saturated rings. The van der Waals surface area contributed by atoms with E-state index in [-0.39, 0.29) is 11.7 Å². The Kier molecular flexibility index (Phi) is 3.06. The minimum absolute atomic E-state index is 0.0978. The predicted molar refractivity (Wildman–Crippen MR) is 71.6 cm³/mol. The van der Waals surface area contributed by atoms with E-state index < -0.39 is 0 Å². The third-order valence-electron chi connectivity index (χ3n) is 4.76. The molecule has 0 saturated heterocycles. The molecule has 1 spiro atoms. The molecule has 3 rings (SSSR count). The summed E-state index contributed by atoms with van der Waals surface area (Å²) in [7, 11) is 0. The lowest BCUT2D eigenvalue weighted by atomic mass is 9.73. The number of benzene rings is 1. The van der Waals surface area contributed by atoms with Crippen LogP contribution in [0.3, 0.4) is 0 Å². The van der Waals surface area contributed by atoms with Crippen molar-refractivity contribution in [3.05, 3.63) is 29.8 Å². The molecule has 2 aliphatic rings. The van der Waals surface area contributed by atoms with Crippen molar-refractivity contribution in [3.63, 3.8) is 0 Å². The molecule has 0 aromatic heterocycles. The van der Waals surface area contributed by atoms with Gasteiger partial charge in [-0.2, -0.15) is 0 Å². The van der Waals surface area contributed by atoms with Gasteiger partial charge in [0, 0.05) is 12.0 Å². The zero-order valence-corrected chi connectivity index (χ0v) is 11.1. The van der Waals surface area contributed by atoms with Gasteiger partial charge in [-0.1, -0.05) is 31.5 Å². The Labute approximate surface area is 109 Å². The highest BCUT2D eigenvalue weighted by molar-refractivity contribution is 5.38. The van der Waals surface area contributed by atoms with Gasteiger partial charge in [-0.25, -0.2) is 0 Å². The molecule has 1 aliphatic carbocycles. The van der Waals surface area contributed by atoms with Crippen molar-refractivity contribution in [1.29, 1.82) is 0 Å². The fourth-order valence-electron chi connectivity index (χ4n) is 3.50. The molecule has 1 aromatic carbocycles. The van der Waals surface area contributed by atoms with E-state index in [1.165, 1.54) is 19.3 Å². The van der Waals surface area contributed by atoms with E-state index in [0.717, 1.165) is 36.5 Å². The zero-order valence-electron chi connectivity index (χ0n) is 11.1. The van der Waals surface area contributed by atoms with Crippen LogP contribution in [0.1, 0.15) is 57.1 Å². The Morgan fingerprint density at radius 2 is 2.00 bits per heavy atom. The molecule has 2 heteroatoms. The number of hydrogen-bond donors (Lipinski definition) is 1. The van der Waals surface area contributed by atoms with Gasteiger partial charge in [0.05, 0.1) is 6.10 Å². The summed E-state index contributed by atoms with van der Waals surface area (Å²) in [5.41, 5.74) is 0.861. The quantitative estimate of drug-likeness (QED) is 0.815. The van der Waals surface area contributed by atoms with Gasteiger partial charge in [-0.3, -0.25) is 0 Å². The monoisotopic (exact) mass is 246 g/mol. The summed E-state index contributed by atoms with van der Waals surface area (Å²) in [5, 5.41) is 10.3. The molecular weight excluding hydrogens is 224 g/mol. The molecular formula is C16H22O2. The lowest BCUT2D eigenvalue weighted by Gasteiger charge is -2.45. The maximum absolute atomic E-state index is 10.3. The largest absolute Gasteiger partial charge is 0.487 e. The Hall–Kier alpha value is -1.02.